The zero-order valence-electron chi connectivity index (χ0n) is 16.9. The molecule has 2 fully saturated rings. The van der Waals surface area contributed by atoms with E-state index in [2.05, 4.69) is 27.9 Å². The minimum absolute atomic E-state index is 0.0570. The summed E-state index contributed by atoms with van der Waals surface area (Å²) in [5, 5.41) is 11.1. The number of rotatable bonds is 2. The van der Waals surface area contributed by atoms with Crippen molar-refractivity contribution < 1.29 is 14.6 Å². The lowest BCUT2D eigenvalue weighted by atomic mass is 10.1. The number of allylic oxidation sites excluding steroid dienone is 1. The quantitative estimate of drug-likeness (QED) is 0.665. The molecule has 2 atom stereocenters. The summed E-state index contributed by atoms with van der Waals surface area (Å²) in [6.45, 7) is 2.06. The molecule has 3 aromatic rings. The van der Waals surface area contributed by atoms with E-state index in [1.807, 2.05) is 24.0 Å². The van der Waals surface area contributed by atoms with Crippen molar-refractivity contribution in [3.63, 3.8) is 0 Å². The van der Waals surface area contributed by atoms with Gasteiger partial charge in [0.2, 0.25) is 5.78 Å². The second-order valence-electron chi connectivity index (χ2n) is 8.45. The summed E-state index contributed by atoms with van der Waals surface area (Å²) in [6.07, 6.45) is 6.79. The van der Waals surface area contributed by atoms with Crippen LogP contribution in [0.5, 0.6) is 11.5 Å². The average molecular weight is 402 g/mol. The molecule has 1 N–H and O–H groups in total. The number of hydrogen-bond acceptors (Lipinski definition) is 6. The van der Waals surface area contributed by atoms with Crippen LogP contribution in [0.1, 0.15) is 22.3 Å². The Morgan fingerprint density at radius 2 is 2.07 bits per heavy atom. The second-order valence-corrected chi connectivity index (χ2v) is 8.45. The lowest BCUT2D eigenvalue weighted by Crippen LogP contribution is -2.44. The number of carbonyl (C=O) groups is 1. The van der Waals surface area contributed by atoms with Crippen molar-refractivity contribution in [2.75, 3.05) is 25.0 Å². The van der Waals surface area contributed by atoms with Gasteiger partial charge >= 0.3 is 0 Å². The maximum Gasteiger partial charge on any atom is 0.235 e. The Balaban J connectivity index is 1.47. The van der Waals surface area contributed by atoms with Gasteiger partial charge in [-0.2, -0.15) is 0 Å². The second kappa shape index (κ2) is 6.09. The number of Topliss-reactive ketones (excluding diaryl/α,β-unsaturated/α-hetero) is 1. The summed E-state index contributed by atoms with van der Waals surface area (Å²) < 4.78 is 7.77. The van der Waals surface area contributed by atoms with E-state index >= 15 is 0 Å². The number of pyridine rings is 1. The summed E-state index contributed by atoms with van der Waals surface area (Å²) in [7, 11) is 4.15. The summed E-state index contributed by atoms with van der Waals surface area (Å²) >= 11 is 0. The molecule has 0 aliphatic carbocycles. The molecule has 0 spiro atoms. The van der Waals surface area contributed by atoms with Crippen LogP contribution in [0.15, 0.2) is 42.4 Å². The number of fused-ring (bicyclic) bond motifs is 4. The van der Waals surface area contributed by atoms with Gasteiger partial charge in [0.15, 0.2) is 5.76 Å². The predicted octanol–water partition coefficient (Wildman–Crippen LogP) is 2.79. The maximum atomic E-state index is 12.9. The molecule has 0 radical (unpaired) electrons. The highest BCUT2D eigenvalue weighted by Crippen LogP contribution is 2.41. The van der Waals surface area contributed by atoms with Crippen LogP contribution in [0, 0.1) is 0 Å². The van der Waals surface area contributed by atoms with Gasteiger partial charge in [-0.15, -0.1) is 0 Å². The Morgan fingerprint density at radius 1 is 1.20 bits per heavy atom. The van der Waals surface area contributed by atoms with E-state index in [-0.39, 0.29) is 22.9 Å². The number of phenolic OH excluding ortho intramolecular Hbond substituents is 1. The summed E-state index contributed by atoms with van der Waals surface area (Å²) in [5.41, 5.74) is 3.14. The van der Waals surface area contributed by atoms with Gasteiger partial charge in [-0.1, -0.05) is 6.07 Å². The number of aromatic hydroxyl groups is 1. The topological polar surface area (TPSA) is 70.8 Å². The van der Waals surface area contributed by atoms with Crippen LogP contribution >= 0.6 is 0 Å². The first-order chi connectivity index (χ1) is 14.5. The van der Waals surface area contributed by atoms with Gasteiger partial charge in [0.1, 0.15) is 22.7 Å². The Bertz CT molecular complexity index is 1240. The summed E-state index contributed by atoms with van der Waals surface area (Å²) in [5.74, 6) is 0.256. The first-order valence-corrected chi connectivity index (χ1v) is 10.2. The van der Waals surface area contributed by atoms with Gasteiger partial charge in [-0.3, -0.25) is 9.69 Å². The zero-order chi connectivity index (χ0) is 20.6. The van der Waals surface area contributed by atoms with Crippen LogP contribution in [0.2, 0.25) is 0 Å². The van der Waals surface area contributed by atoms with Crippen molar-refractivity contribution in [1.82, 2.24) is 14.5 Å². The molecule has 3 aliphatic rings. The number of nitrogens with zero attached hydrogens (tertiary/aromatic N) is 4. The van der Waals surface area contributed by atoms with Crippen molar-refractivity contribution in [2.24, 2.45) is 7.05 Å². The SMILES string of the molecule is CN1CC2CC1CN2c1ccnc2c1c(/C=C1\Oc3cccc(O)c3C1=O)cn2C. The monoisotopic (exact) mass is 402 g/mol. The maximum absolute atomic E-state index is 12.9. The van der Waals surface area contributed by atoms with E-state index in [4.69, 9.17) is 4.74 Å². The van der Waals surface area contributed by atoms with Crippen LogP contribution in [0.4, 0.5) is 5.69 Å². The van der Waals surface area contributed by atoms with Gasteiger partial charge in [-0.05, 0) is 37.7 Å². The minimum atomic E-state index is -0.299. The van der Waals surface area contributed by atoms with Crippen molar-refractivity contribution in [3.8, 4) is 11.5 Å². The van der Waals surface area contributed by atoms with Crippen molar-refractivity contribution in [1.29, 1.82) is 0 Å². The van der Waals surface area contributed by atoms with Crippen molar-refractivity contribution in [3.05, 3.63) is 53.5 Å². The third-order valence-corrected chi connectivity index (χ3v) is 6.65. The van der Waals surface area contributed by atoms with Crippen LogP contribution in [-0.4, -0.2) is 57.6 Å². The molecule has 152 valence electrons. The van der Waals surface area contributed by atoms with E-state index in [0.717, 1.165) is 35.4 Å². The highest BCUT2D eigenvalue weighted by molar-refractivity contribution is 6.17. The molecule has 3 aliphatic heterocycles. The highest BCUT2D eigenvalue weighted by Gasteiger charge is 2.42. The number of phenols is 1. The van der Waals surface area contributed by atoms with Gasteiger partial charge < -0.3 is 19.3 Å². The normalized spacial score (nSPS) is 24.3. The van der Waals surface area contributed by atoms with Crippen LogP contribution in [-0.2, 0) is 7.05 Å². The molecule has 2 aromatic heterocycles. The molecule has 0 amide bonds. The van der Waals surface area contributed by atoms with Crippen LogP contribution < -0.4 is 9.64 Å². The molecule has 30 heavy (non-hydrogen) atoms. The lowest BCUT2D eigenvalue weighted by molar-refractivity contribution is 0.101. The molecule has 7 heteroatoms. The molecule has 5 heterocycles. The number of ether oxygens (including phenoxy) is 1. The summed E-state index contributed by atoms with van der Waals surface area (Å²) in [4.78, 5) is 22.4. The van der Waals surface area contributed by atoms with Crippen LogP contribution in [0.3, 0.4) is 0 Å². The number of benzene rings is 1. The molecule has 2 saturated heterocycles. The van der Waals surface area contributed by atoms with Gasteiger partial charge in [0.05, 0.1) is 5.69 Å². The fraction of sp³-hybridized carbons (Fsp3) is 0.304. The molecule has 0 saturated carbocycles. The molecule has 7 nitrogen and oxygen atoms in total. The molecule has 1 aromatic carbocycles. The third kappa shape index (κ3) is 2.35. The minimum Gasteiger partial charge on any atom is -0.507 e. The van der Waals surface area contributed by atoms with Gasteiger partial charge in [0.25, 0.3) is 0 Å². The average Bonchev–Trinajstić information content (AvgIpc) is 3.46. The van der Waals surface area contributed by atoms with Gasteiger partial charge in [0, 0.05) is 55.6 Å². The van der Waals surface area contributed by atoms with Crippen LogP contribution in [0.25, 0.3) is 17.1 Å². The predicted molar refractivity (Wildman–Crippen MR) is 114 cm³/mol. The smallest absolute Gasteiger partial charge is 0.235 e. The Kier molecular flexibility index (Phi) is 3.56. The molecule has 2 bridgehead atoms. The fourth-order valence-corrected chi connectivity index (χ4v) is 5.19. The van der Waals surface area contributed by atoms with Gasteiger partial charge in [-0.25, -0.2) is 4.98 Å². The number of piperazine rings is 1. The standard InChI is InChI=1S/C23H22N4O3/c1-25-11-15-9-14(25)12-27(15)16-6-7-24-23-20(16)13(10-26(23)2)8-19-22(29)21-17(28)4-3-5-18(21)30-19/h3-8,10,14-15,28H,9,11-12H2,1-2H3/b19-8-. The first-order valence-electron chi connectivity index (χ1n) is 10.2. The number of likely N-dealkylation sites (tertiary alicyclic amines) is 1. The van der Waals surface area contributed by atoms with E-state index < -0.39 is 0 Å². The third-order valence-electron chi connectivity index (χ3n) is 6.65. The Morgan fingerprint density at radius 3 is 2.80 bits per heavy atom. The zero-order valence-corrected chi connectivity index (χ0v) is 16.9. The Hall–Kier alpha value is -3.32. The number of likely N-dealkylation sites (N-methyl/N-ethyl adjacent to an activating group) is 1. The summed E-state index contributed by atoms with van der Waals surface area (Å²) in [6, 6.07) is 8.02. The fourth-order valence-electron chi connectivity index (χ4n) is 5.19. The largest absolute Gasteiger partial charge is 0.507 e. The Labute approximate surface area is 173 Å². The number of ketones is 1. The van der Waals surface area contributed by atoms with Crippen molar-refractivity contribution >= 4 is 28.6 Å². The number of anilines is 1. The van der Waals surface area contributed by atoms with E-state index in [0.29, 0.717) is 17.8 Å². The van der Waals surface area contributed by atoms with E-state index in [1.54, 1.807) is 18.2 Å². The first kappa shape index (κ1) is 17.5. The molecule has 2 unspecified atom stereocenters. The number of hydrogen-bond donors (Lipinski definition) is 1. The molecular weight excluding hydrogens is 380 g/mol. The lowest BCUT2D eigenvalue weighted by Gasteiger charge is -2.34. The number of aryl methyl sites for hydroxylation is 1. The number of aromatic nitrogens is 2. The molecule has 6 rings (SSSR count). The molecular formula is C23H22N4O3. The highest BCUT2D eigenvalue weighted by atomic mass is 16.5. The van der Waals surface area contributed by atoms with Crippen molar-refractivity contribution in [2.45, 2.75) is 18.5 Å². The number of carbonyl (C=O) groups excluding carboxylic acids is 1. The van der Waals surface area contributed by atoms with E-state index in [1.165, 1.54) is 12.5 Å². The van der Waals surface area contributed by atoms with E-state index in [9.17, 15) is 9.90 Å².